The largest absolute Gasteiger partial charge is 0.272 e. The highest BCUT2D eigenvalue weighted by Crippen LogP contribution is 2.18. The number of nitrogens with one attached hydrogen (secondary N) is 2. The number of nitro groups is 1. The molecule has 0 atom stereocenters. The molecule has 2 aromatic rings. The molecule has 7 nitrogen and oxygen atoms in total. The van der Waals surface area contributed by atoms with Crippen molar-refractivity contribution in [3.8, 4) is 0 Å². The Morgan fingerprint density at radius 2 is 1.52 bits per heavy atom. The molecule has 0 aliphatic heterocycles. The van der Waals surface area contributed by atoms with Crippen molar-refractivity contribution in [3.63, 3.8) is 0 Å². The third-order valence-corrected chi connectivity index (χ3v) is 3.05. The molecule has 2 N–H and O–H groups in total. The monoisotopic (exact) mass is 317 g/mol. The van der Waals surface area contributed by atoms with E-state index in [2.05, 4.69) is 10.9 Å². The Kier molecular flexibility index (Phi) is 4.65. The molecule has 0 aromatic heterocycles. The van der Waals surface area contributed by atoms with Crippen molar-refractivity contribution in [1.82, 2.24) is 10.9 Å². The zero-order valence-electron chi connectivity index (χ0n) is 12.0. The van der Waals surface area contributed by atoms with E-state index in [4.69, 9.17) is 0 Å². The fourth-order valence-corrected chi connectivity index (χ4v) is 1.86. The number of nitrogens with zero attached hydrogens (tertiary/aromatic N) is 1. The van der Waals surface area contributed by atoms with Crippen molar-refractivity contribution < 1.29 is 18.9 Å². The molecule has 0 aliphatic carbocycles. The first-order valence-corrected chi connectivity index (χ1v) is 6.50. The molecular weight excluding hydrogens is 305 g/mol. The molecule has 118 valence electrons. The van der Waals surface area contributed by atoms with Crippen molar-refractivity contribution in [1.29, 1.82) is 0 Å². The van der Waals surface area contributed by atoms with Gasteiger partial charge in [0, 0.05) is 22.8 Å². The van der Waals surface area contributed by atoms with Gasteiger partial charge in [-0.25, -0.2) is 4.39 Å². The number of rotatable bonds is 3. The van der Waals surface area contributed by atoms with Crippen molar-refractivity contribution >= 4 is 17.5 Å². The summed E-state index contributed by atoms with van der Waals surface area (Å²) in [7, 11) is 0. The predicted octanol–water partition coefficient (Wildman–Crippen LogP) is 2.12. The maximum atomic E-state index is 12.8. The quantitative estimate of drug-likeness (QED) is 0.668. The van der Waals surface area contributed by atoms with Crippen LogP contribution in [0.1, 0.15) is 26.3 Å². The van der Waals surface area contributed by atoms with Crippen molar-refractivity contribution in [2.75, 3.05) is 0 Å². The minimum Gasteiger partial charge on any atom is -0.267 e. The van der Waals surface area contributed by atoms with Crippen molar-refractivity contribution in [2.24, 2.45) is 0 Å². The van der Waals surface area contributed by atoms with Crippen LogP contribution >= 0.6 is 0 Å². The van der Waals surface area contributed by atoms with Gasteiger partial charge >= 0.3 is 0 Å². The van der Waals surface area contributed by atoms with Gasteiger partial charge in [0.15, 0.2) is 0 Å². The van der Waals surface area contributed by atoms with E-state index in [0.717, 1.165) is 12.1 Å². The number of carbonyl (C=O) groups is 2. The van der Waals surface area contributed by atoms with Gasteiger partial charge < -0.3 is 0 Å². The molecule has 0 fully saturated rings. The van der Waals surface area contributed by atoms with Gasteiger partial charge in [0.2, 0.25) is 0 Å². The Morgan fingerprint density at radius 3 is 2.04 bits per heavy atom. The number of hydrogen-bond acceptors (Lipinski definition) is 4. The van der Waals surface area contributed by atoms with E-state index >= 15 is 0 Å². The lowest BCUT2D eigenvalue weighted by atomic mass is 10.1. The zero-order chi connectivity index (χ0) is 17.0. The van der Waals surface area contributed by atoms with Gasteiger partial charge in [-0.3, -0.25) is 30.6 Å². The Labute approximate surface area is 130 Å². The highest BCUT2D eigenvalue weighted by atomic mass is 19.1. The second-order valence-electron chi connectivity index (χ2n) is 4.67. The highest BCUT2D eigenvalue weighted by Gasteiger charge is 2.14. The Hall–Kier alpha value is -3.29. The number of halogens is 1. The lowest BCUT2D eigenvalue weighted by Crippen LogP contribution is -2.41. The van der Waals surface area contributed by atoms with Gasteiger partial charge in [-0.05, 0) is 43.3 Å². The highest BCUT2D eigenvalue weighted by molar-refractivity contribution is 5.99. The molecule has 2 rings (SSSR count). The number of amides is 2. The van der Waals surface area contributed by atoms with E-state index < -0.39 is 22.6 Å². The summed E-state index contributed by atoms with van der Waals surface area (Å²) >= 11 is 0. The summed E-state index contributed by atoms with van der Waals surface area (Å²) in [6.45, 7) is 1.51. The fourth-order valence-electron chi connectivity index (χ4n) is 1.86. The average Bonchev–Trinajstić information content (AvgIpc) is 2.52. The molecule has 2 amide bonds. The van der Waals surface area contributed by atoms with Crippen LogP contribution < -0.4 is 10.9 Å². The summed E-state index contributed by atoms with van der Waals surface area (Å²) in [5.74, 6) is -1.72. The average molecular weight is 317 g/mol. The number of aryl methyl sites for hydroxylation is 1. The van der Waals surface area contributed by atoms with Crippen LogP contribution in [-0.4, -0.2) is 16.7 Å². The maximum Gasteiger partial charge on any atom is 0.272 e. The molecule has 0 unspecified atom stereocenters. The second-order valence-corrected chi connectivity index (χ2v) is 4.67. The van der Waals surface area contributed by atoms with Gasteiger partial charge in [-0.1, -0.05) is 0 Å². The zero-order valence-corrected chi connectivity index (χ0v) is 12.0. The van der Waals surface area contributed by atoms with E-state index in [0.29, 0.717) is 5.56 Å². The predicted molar refractivity (Wildman–Crippen MR) is 79.2 cm³/mol. The minimum absolute atomic E-state index is 0.100. The summed E-state index contributed by atoms with van der Waals surface area (Å²) in [6, 6.07) is 8.63. The number of carbonyl (C=O) groups excluding carboxylic acids is 2. The Balaban J connectivity index is 2.02. The number of hydrazine groups is 1. The molecule has 8 heteroatoms. The third-order valence-electron chi connectivity index (χ3n) is 3.05. The standard InChI is InChI=1S/C15H12FN3O4/c1-9-8-11(4-7-13(9)19(22)23)15(21)18-17-14(20)10-2-5-12(16)6-3-10/h2-8H,1H3,(H,17,20)(H,18,21). The Bertz CT molecular complexity index is 775. The van der Waals surface area contributed by atoms with E-state index in [9.17, 15) is 24.1 Å². The van der Waals surface area contributed by atoms with Gasteiger partial charge in [-0.2, -0.15) is 0 Å². The number of benzene rings is 2. The fraction of sp³-hybridized carbons (Fsp3) is 0.0667. The number of hydrogen-bond donors (Lipinski definition) is 2. The summed E-state index contributed by atoms with van der Waals surface area (Å²) in [6.07, 6.45) is 0. The molecule has 0 aliphatic rings. The van der Waals surface area contributed by atoms with Crippen LogP contribution in [-0.2, 0) is 0 Å². The van der Waals surface area contributed by atoms with Crippen LogP contribution in [0.3, 0.4) is 0 Å². The van der Waals surface area contributed by atoms with Gasteiger partial charge in [0.05, 0.1) is 4.92 Å². The molecule has 0 heterocycles. The molecule has 0 bridgehead atoms. The van der Waals surface area contributed by atoms with Gasteiger partial charge in [-0.15, -0.1) is 0 Å². The number of nitro benzene ring substituents is 1. The SMILES string of the molecule is Cc1cc(C(=O)NNC(=O)c2ccc(F)cc2)ccc1[N+](=O)[O-]. The molecule has 0 spiro atoms. The van der Waals surface area contributed by atoms with Crippen LogP contribution in [0, 0.1) is 22.9 Å². The Morgan fingerprint density at radius 1 is 1.00 bits per heavy atom. The van der Waals surface area contributed by atoms with Crippen LogP contribution in [0.4, 0.5) is 10.1 Å². The molecule has 2 aromatic carbocycles. The molecule has 0 radical (unpaired) electrons. The normalized spacial score (nSPS) is 10.0. The molecule has 23 heavy (non-hydrogen) atoms. The summed E-state index contributed by atoms with van der Waals surface area (Å²) in [4.78, 5) is 33.8. The van der Waals surface area contributed by atoms with Gasteiger partial charge in [0.1, 0.15) is 5.82 Å². The minimum atomic E-state index is -0.626. The molecular formula is C15H12FN3O4. The van der Waals surface area contributed by atoms with Crippen LogP contribution in [0.5, 0.6) is 0 Å². The smallest absolute Gasteiger partial charge is 0.267 e. The lowest BCUT2D eigenvalue weighted by molar-refractivity contribution is -0.385. The van der Waals surface area contributed by atoms with E-state index in [1.807, 2.05) is 0 Å². The third kappa shape index (κ3) is 3.88. The van der Waals surface area contributed by atoms with E-state index in [1.54, 1.807) is 0 Å². The van der Waals surface area contributed by atoms with Gasteiger partial charge in [0.25, 0.3) is 17.5 Å². The maximum absolute atomic E-state index is 12.8. The van der Waals surface area contributed by atoms with Crippen molar-refractivity contribution in [2.45, 2.75) is 6.92 Å². The molecule has 0 saturated heterocycles. The first kappa shape index (κ1) is 16.1. The van der Waals surface area contributed by atoms with Crippen LogP contribution in [0.15, 0.2) is 42.5 Å². The summed E-state index contributed by atoms with van der Waals surface area (Å²) < 4.78 is 12.8. The first-order valence-electron chi connectivity index (χ1n) is 6.50. The van der Waals surface area contributed by atoms with Crippen LogP contribution in [0.25, 0.3) is 0 Å². The second kappa shape index (κ2) is 6.65. The summed E-state index contributed by atoms with van der Waals surface area (Å²) in [5, 5.41) is 10.7. The molecule has 0 saturated carbocycles. The first-order chi connectivity index (χ1) is 10.9. The van der Waals surface area contributed by atoms with E-state index in [-0.39, 0.29) is 16.8 Å². The van der Waals surface area contributed by atoms with Crippen LogP contribution in [0.2, 0.25) is 0 Å². The van der Waals surface area contributed by atoms with Crippen molar-refractivity contribution in [3.05, 3.63) is 75.1 Å². The topological polar surface area (TPSA) is 101 Å². The lowest BCUT2D eigenvalue weighted by Gasteiger charge is -2.08. The summed E-state index contributed by atoms with van der Waals surface area (Å²) in [5.41, 5.74) is 4.92. The van der Waals surface area contributed by atoms with E-state index in [1.165, 1.54) is 37.3 Å².